The predicted molar refractivity (Wildman–Crippen MR) is 72.6 cm³/mol. The second-order valence-electron chi connectivity index (χ2n) is 4.41. The van der Waals surface area contributed by atoms with Crippen molar-refractivity contribution in [2.75, 3.05) is 7.05 Å². The Labute approximate surface area is 120 Å². The predicted octanol–water partition coefficient (Wildman–Crippen LogP) is 1.72. The van der Waals surface area contributed by atoms with Crippen LogP contribution in [-0.2, 0) is 4.74 Å². The number of nitrogens with zero attached hydrogens (tertiary/aromatic N) is 4. The van der Waals surface area contributed by atoms with E-state index >= 15 is 0 Å². The molecule has 1 aliphatic heterocycles. The first kappa shape index (κ1) is 13.1. The van der Waals surface area contributed by atoms with Crippen LogP contribution in [0.1, 0.15) is 17.2 Å². The molecule has 0 spiro atoms. The molecule has 1 heterocycles. The van der Waals surface area contributed by atoms with Crippen molar-refractivity contribution < 1.29 is 14.6 Å². The summed E-state index contributed by atoms with van der Waals surface area (Å²) in [6.07, 6.45) is 3.04. The second-order valence-corrected chi connectivity index (χ2v) is 4.41. The highest BCUT2D eigenvalue weighted by molar-refractivity contribution is 5.79. The van der Waals surface area contributed by atoms with Gasteiger partial charge in [0.25, 0.3) is 0 Å². The Morgan fingerprint density at radius 2 is 2.29 bits per heavy atom. The minimum atomic E-state index is -0.767. The van der Waals surface area contributed by atoms with Gasteiger partial charge in [0.2, 0.25) is 0 Å². The highest BCUT2D eigenvalue weighted by atomic mass is 16.6. The average molecular weight is 287 g/mol. The van der Waals surface area contributed by atoms with E-state index in [1.54, 1.807) is 12.1 Å². The minimum Gasteiger partial charge on any atom is -0.409 e. The quantitative estimate of drug-likeness (QED) is 0.864. The molecule has 0 bridgehead atoms. The number of nitrogens with one attached hydrogen (secondary N) is 1. The van der Waals surface area contributed by atoms with Gasteiger partial charge in [0, 0.05) is 12.6 Å². The van der Waals surface area contributed by atoms with Gasteiger partial charge in [0.15, 0.2) is 0 Å². The van der Waals surface area contributed by atoms with E-state index in [0.29, 0.717) is 16.9 Å². The van der Waals surface area contributed by atoms with Crippen LogP contribution in [0.2, 0.25) is 0 Å². The number of carbonyl (C=O) groups is 1. The molecule has 1 aromatic rings. The second kappa shape index (κ2) is 5.25. The number of ether oxygens (including phenoxy) is 1. The Hall–Kier alpha value is -2.87. The van der Waals surface area contributed by atoms with Crippen molar-refractivity contribution in [3.05, 3.63) is 53.9 Å². The van der Waals surface area contributed by atoms with E-state index in [-0.39, 0.29) is 0 Å². The Morgan fingerprint density at radius 3 is 3.05 bits per heavy atom. The van der Waals surface area contributed by atoms with Crippen molar-refractivity contribution in [1.82, 2.24) is 15.7 Å². The van der Waals surface area contributed by atoms with Gasteiger partial charge in [-0.15, -0.1) is 5.11 Å². The van der Waals surface area contributed by atoms with Crippen LogP contribution < -0.4 is 5.53 Å². The van der Waals surface area contributed by atoms with Gasteiger partial charge in [-0.05, 0) is 11.6 Å². The smallest absolute Gasteiger partial charge is 0.409 e. The third-order valence-electron chi connectivity index (χ3n) is 3.12. The zero-order valence-corrected chi connectivity index (χ0v) is 11.2. The SMILES string of the molecule is CN(C(=O)OC1=CC(O)c2ccccc21)N1C=CN=NN1. The number of hydrogen-bond acceptors (Lipinski definition) is 7. The summed E-state index contributed by atoms with van der Waals surface area (Å²) in [4.78, 5) is 12.1. The van der Waals surface area contributed by atoms with Crippen molar-refractivity contribution in [3.8, 4) is 0 Å². The van der Waals surface area contributed by atoms with Crippen molar-refractivity contribution >= 4 is 11.9 Å². The van der Waals surface area contributed by atoms with Crippen LogP contribution in [0.25, 0.3) is 5.76 Å². The molecule has 3 rings (SSSR count). The maximum absolute atomic E-state index is 12.1. The molecule has 2 N–H and O–H groups in total. The van der Waals surface area contributed by atoms with Gasteiger partial charge in [0.1, 0.15) is 11.9 Å². The number of fused-ring (bicyclic) bond motifs is 1. The first-order valence-corrected chi connectivity index (χ1v) is 6.23. The average Bonchev–Trinajstić information content (AvgIpc) is 2.84. The van der Waals surface area contributed by atoms with E-state index in [9.17, 15) is 9.90 Å². The van der Waals surface area contributed by atoms with Crippen LogP contribution in [-0.4, -0.2) is 28.4 Å². The summed E-state index contributed by atoms with van der Waals surface area (Å²) in [5.41, 5.74) is 3.93. The third kappa shape index (κ3) is 2.43. The molecule has 21 heavy (non-hydrogen) atoms. The molecule has 8 nitrogen and oxygen atoms in total. The Balaban J connectivity index is 1.72. The van der Waals surface area contributed by atoms with Gasteiger partial charge >= 0.3 is 6.09 Å². The Kier molecular flexibility index (Phi) is 3.28. The largest absolute Gasteiger partial charge is 0.435 e. The number of rotatable bonds is 2. The summed E-state index contributed by atoms with van der Waals surface area (Å²) in [7, 11) is 1.51. The molecule has 0 fully saturated rings. The first-order chi connectivity index (χ1) is 10.2. The number of aliphatic hydroxyl groups excluding tert-OH is 1. The number of hydrazine groups is 2. The number of carbonyl (C=O) groups excluding carboxylic acids is 1. The molecule has 1 unspecified atom stereocenters. The Bertz CT molecular complexity index is 655. The fourth-order valence-electron chi connectivity index (χ4n) is 2.04. The lowest BCUT2D eigenvalue weighted by atomic mass is 10.1. The standard InChI is InChI=1S/C13H13N5O3/c1-17(18-7-6-14-15-16-18)13(20)21-12-8-11(19)9-4-2-3-5-10(9)12/h2-8,11,19H,1H3,(H,14,16). The fourth-order valence-corrected chi connectivity index (χ4v) is 2.04. The van der Waals surface area contributed by atoms with E-state index in [4.69, 9.17) is 4.74 Å². The van der Waals surface area contributed by atoms with E-state index in [2.05, 4.69) is 15.9 Å². The summed E-state index contributed by atoms with van der Waals surface area (Å²) in [6, 6.07) is 7.21. The molecule has 1 amide bonds. The topological polar surface area (TPSA) is 89.8 Å². The van der Waals surface area contributed by atoms with Crippen LogP contribution in [0, 0.1) is 0 Å². The molecule has 0 aromatic heterocycles. The van der Waals surface area contributed by atoms with Gasteiger partial charge in [-0.2, -0.15) is 10.7 Å². The highest BCUT2D eigenvalue weighted by Gasteiger charge is 2.26. The molecule has 0 saturated heterocycles. The lowest BCUT2D eigenvalue weighted by molar-refractivity contribution is 0.00680. The summed E-state index contributed by atoms with van der Waals surface area (Å²) >= 11 is 0. The number of amides is 1. The van der Waals surface area contributed by atoms with Gasteiger partial charge in [-0.3, -0.25) is 0 Å². The van der Waals surface area contributed by atoms with Gasteiger partial charge < -0.3 is 9.84 Å². The van der Waals surface area contributed by atoms with Crippen LogP contribution >= 0.6 is 0 Å². The fraction of sp³-hybridized carbons (Fsp3) is 0.154. The molecule has 1 aromatic carbocycles. The van der Waals surface area contributed by atoms with E-state index in [0.717, 1.165) is 0 Å². The molecular formula is C13H13N5O3. The molecule has 108 valence electrons. The van der Waals surface area contributed by atoms with Crippen LogP contribution in [0.5, 0.6) is 0 Å². The monoisotopic (exact) mass is 287 g/mol. The summed E-state index contributed by atoms with van der Waals surface area (Å²) in [5, 5.41) is 19.5. The summed E-state index contributed by atoms with van der Waals surface area (Å²) in [6.45, 7) is 0. The lowest BCUT2D eigenvalue weighted by Gasteiger charge is -2.28. The zero-order valence-electron chi connectivity index (χ0n) is 11.2. The summed E-state index contributed by atoms with van der Waals surface area (Å²) in [5.74, 6) is 0.331. The molecule has 2 aliphatic rings. The minimum absolute atomic E-state index is 0.331. The number of aliphatic hydroxyl groups is 1. The number of hydrogen-bond donors (Lipinski definition) is 2. The highest BCUT2D eigenvalue weighted by Crippen LogP contribution is 2.34. The molecular weight excluding hydrogens is 274 g/mol. The molecule has 0 radical (unpaired) electrons. The molecule has 8 heteroatoms. The van der Waals surface area contributed by atoms with Gasteiger partial charge in [-0.1, -0.05) is 29.5 Å². The van der Waals surface area contributed by atoms with Crippen LogP contribution in [0.15, 0.2) is 53.1 Å². The van der Waals surface area contributed by atoms with Crippen LogP contribution in [0.3, 0.4) is 0 Å². The van der Waals surface area contributed by atoms with Gasteiger partial charge in [0.05, 0.1) is 12.4 Å². The van der Waals surface area contributed by atoms with Crippen molar-refractivity contribution in [1.29, 1.82) is 0 Å². The van der Waals surface area contributed by atoms with Crippen molar-refractivity contribution in [2.45, 2.75) is 6.10 Å². The molecule has 0 saturated carbocycles. The normalized spacial score (nSPS) is 18.9. The molecule has 1 atom stereocenters. The maximum Gasteiger partial charge on any atom is 0.435 e. The number of benzene rings is 1. The molecule has 1 aliphatic carbocycles. The third-order valence-corrected chi connectivity index (χ3v) is 3.12. The van der Waals surface area contributed by atoms with E-state index in [1.807, 2.05) is 12.1 Å². The van der Waals surface area contributed by atoms with Crippen LogP contribution in [0.4, 0.5) is 4.79 Å². The zero-order chi connectivity index (χ0) is 14.8. The summed E-state index contributed by atoms with van der Waals surface area (Å²) < 4.78 is 5.32. The first-order valence-electron chi connectivity index (χ1n) is 6.23. The van der Waals surface area contributed by atoms with E-state index in [1.165, 1.54) is 35.7 Å². The van der Waals surface area contributed by atoms with Crippen molar-refractivity contribution in [2.24, 2.45) is 10.3 Å². The lowest BCUT2D eigenvalue weighted by Crippen LogP contribution is -2.47. The van der Waals surface area contributed by atoms with Gasteiger partial charge in [-0.25, -0.2) is 9.80 Å². The Morgan fingerprint density at radius 1 is 1.48 bits per heavy atom. The van der Waals surface area contributed by atoms with E-state index < -0.39 is 12.2 Å². The maximum atomic E-state index is 12.1. The van der Waals surface area contributed by atoms with Crippen molar-refractivity contribution in [3.63, 3.8) is 0 Å².